The number of nitro groups is 1. The summed E-state index contributed by atoms with van der Waals surface area (Å²) in [5.74, 6) is -1.99. The number of rotatable bonds is 6. The number of carbonyl (C=O) groups is 3. The van der Waals surface area contributed by atoms with Gasteiger partial charge in [0.1, 0.15) is 18.3 Å². The van der Waals surface area contributed by atoms with Crippen LogP contribution in [0.3, 0.4) is 0 Å². The molecular weight excluding hydrogens is 478 g/mol. The Morgan fingerprint density at radius 1 is 1.11 bits per heavy atom. The van der Waals surface area contributed by atoms with E-state index in [1.165, 1.54) is 17.9 Å². The number of carbonyl (C=O) groups excluding carboxylic acids is 2. The van der Waals surface area contributed by atoms with Crippen LogP contribution >= 0.6 is 0 Å². The molecule has 0 saturated carbocycles. The summed E-state index contributed by atoms with van der Waals surface area (Å²) in [6, 6.07) is 17.1. The second-order valence-corrected chi connectivity index (χ2v) is 9.00. The van der Waals surface area contributed by atoms with Crippen LogP contribution in [0, 0.1) is 10.1 Å². The molecule has 1 heterocycles. The SMILES string of the molecule is C[C@@H](NC(=O)OCC1c2ccccc2-c2ccccc21)C(=O)N1CCc2cc(C(=O)O)cc([N+](=O)[O-])c21. The Hall–Kier alpha value is -4.73. The minimum Gasteiger partial charge on any atom is -0.478 e. The van der Waals surface area contributed by atoms with Crippen LogP contribution in [0.5, 0.6) is 0 Å². The summed E-state index contributed by atoms with van der Waals surface area (Å²) < 4.78 is 5.50. The molecule has 1 aliphatic heterocycles. The highest BCUT2D eigenvalue weighted by molar-refractivity contribution is 6.03. The summed E-state index contributed by atoms with van der Waals surface area (Å²) in [5, 5.41) is 23.4. The summed E-state index contributed by atoms with van der Waals surface area (Å²) in [6.07, 6.45) is -0.515. The van der Waals surface area contributed by atoms with Crippen LogP contribution < -0.4 is 10.2 Å². The second kappa shape index (κ2) is 9.38. The molecule has 2 aliphatic rings. The van der Waals surface area contributed by atoms with E-state index in [4.69, 9.17) is 4.74 Å². The smallest absolute Gasteiger partial charge is 0.407 e. The lowest BCUT2D eigenvalue weighted by molar-refractivity contribution is -0.384. The zero-order chi connectivity index (χ0) is 26.3. The van der Waals surface area contributed by atoms with Gasteiger partial charge in [-0.2, -0.15) is 0 Å². The highest BCUT2D eigenvalue weighted by Gasteiger charge is 2.36. The van der Waals surface area contributed by atoms with Gasteiger partial charge in [-0.05, 0) is 47.2 Å². The van der Waals surface area contributed by atoms with E-state index in [-0.39, 0.29) is 36.7 Å². The van der Waals surface area contributed by atoms with Crippen molar-refractivity contribution in [1.29, 1.82) is 0 Å². The molecule has 5 rings (SSSR count). The summed E-state index contributed by atoms with van der Waals surface area (Å²) in [5.41, 5.74) is 4.07. The maximum absolute atomic E-state index is 13.1. The normalized spacial score (nSPS) is 14.4. The number of hydrogen-bond acceptors (Lipinski definition) is 6. The number of aromatic carboxylic acids is 1. The minimum atomic E-state index is -1.29. The molecule has 10 heteroatoms. The van der Waals surface area contributed by atoms with Gasteiger partial charge in [0, 0.05) is 18.5 Å². The molecule has 10 nitrogen and oxygen atoms in total. The molecule has 1 aliphatic carbocycles. The van der Waals surface area contributed by atoms with Crippen LogP contribution in [-0.2, 0) is 16.0 Å². The largest absolute Gasteiger partial charge is 0.478 e. The zero-order valence-corrected chi connectivity index (χ0v) is 19.8. The Morgan fingerprint density at radius 2 is 1.73 bits per heavy atom. The van der Waals surface area contributed by atoms with Crippen molar-refractivity contribution < 1.29 is 29.2 Å². The Morgan fingerprint density at radius 3 is 2.32 bits per heavy atom. The number of carboxylic acid groups (broad SMARTS) is 1. The Balaban J connectivity index is 1.27. The van der Waals surface area contributed by atoms with E-state index in [2.05, 4.69) is 5.32 Å². The van der Waals surface area contributed by atoms with E-state index >= 15 is 0 Å². The van der Waals surface area contributed by atoms with Crippen molar-refractivity contribution in [3.05, 3.63) is 93.0 Å². The van der Waals surface area contributed by atoms with E-state index in [1.54, 1.807) is 0 Å². The van der Waals surface area contributed by atoms with Crippen molar-refractivity contribution in [3.63, 3.8) is 0 Å². The number of hydrogen-bond donors (Lipinski definition) is 2. The summed E-state index contributed by atoms with van der Waals surface area (Å²) in [4.78, 5) is 49.2. The van der Waals surface area contributed by atoms with E-state index in [1.807, 2.05) is 48.5 Å². The van der Waals surface area contributed by atoms with Gasteiger partial charge in [-0.3, -0.25) is 14.9 Å². The molecule has 37 heavy (non-hydrogen) atoms. The highest BCUT2D eigenvalue weighted by atomic mass is 16.6. The van der Waals surface area contributed by atoms with Gasteiger partial charge in [0.25, 0.3) is 5.69 Å². The third kappa shape index (κ3) is 4.26. The molecule has 0 unspecified atom stereocenters. The third-order valence-corrected chi connectivity index (χ3v) is 6.80. The molecule has 1 atom stereocenters. The van der Waals surface area contributed by atoms with Crippen LogP contribution in [0.25, 0.3) is 11.1 Å². The standard InChI is InChI=1S/C27H23N3O7/c1-15(25(31)29-11-10-16-12-17(26(32)33)13-23(24(16)29)30(35)36)28-27(34)37-14-22-20-8-4-2-6-18(20)19-7-3-5-9-21(19)22/h2-9,12-13,15,22H,10-11,14H2,1H3,(H,28,34)(H,32,33)/t15-/m1/s1. The molecule has 0 radical (unpaired) electrons. The number of anilines is 1. The zero-order valence-electron chi connectivity index (χ0n) is 19.8. The number of amides is 2. The number of alkyl carbamates (subject to hydrolysis) is 1. The number of nitrogens with zero attached hydrogens (tertiary/aromatic N) is 2. The fourth-order valence-electron chi connectivity index (χ4n) is 5.12. The first-order valence-corrected chi connectivity index (χ1v) is 11.7. The predicted molar refractivity (Wildman–Crippen MR) is 134 cm³/mol. The third-order valence-electron chi connectivity index (χ3n) is 6.80. The van der Waals surface area contributed by atoms with Crippen LogP contribution in [0.15, 0.2) is 60.7 Å². The van der Waals surface area contributed by atoms with Crippen molar-refractivity contribution >= 4 is 29.3 Å². The van der Waals surface area contributed by atoms with E-state index in [0.717, 1.165) is 28.3 Å². The minimum absolute atomic E-state index is 0.0567. The second-order valence-electron chi connectivity index (χ2n) is 9.00. The van der Waals surface area contributed by atoms with Crippen molar-refractivity contribution in [2.75, 3.05) is 18.1 Å². The van der Waals surface area contributed by atoms with Crippen LogP contribution in [0.4, 0.5) is 16.2 Å². The van der Waals surface area contributed by atoms with Gasteiger partial charge in [0.05, 0.1) is 10.5 Å². The average Bonchev–Trinajstić information content (AvgIpc) is 3.45. The molecule has 0 spiro atoms. The fraction of sp³-hybridized carbons (Fsp3) is 0.222. The Bertz CT molecular complexity index is 1410. The van der Waals surface area contributed by atoms with Crippen LogP contribution in [0.1, 0.15) is 39.9 Å². The topological polar surface area (TPSA) is 139 Å². The number of nitro benzene ring substituents is 1. The molecular formula is C27H23N3O7. The lowest BCUT2D eigenvalue weighted by Gasteiger charge is -2.22. The van der Waals surface area contributed by atoms with E-state index in [9.17, 15) is 29.6 Å². The molecule has 0 aromatic heterocycles. The molecule has 0 saturated heterocycles. The summed E-state index contributed by atoms with van der Waals surface area (Å²) in [6.45, 7) is 1.69. The monoisotopic (exact) mass is 501 g/mol. The summed E-state index contributed by atoms with van der Waals surface area (Å²) in [7, 11) is 0. The maximum atomic E-state index is 13.1. The molecule has 2 N–H and O–H groups in total. The predicted octanol–water partition coefficient (Wildman–Crippen LogP) is 4.11. The van der Waals surface area contributed by atoms with Gasteiger partial charge >= 0.3 is 12.1 Å². The van der Waals surface area contributed by atoms with E-state index in [0.29, 0.717) is 5.56 Å². The lowest BCUT2D eigenvalue weighted by atomic mass is 9.98. The number of ether oxygens (including phenoxy) is 1. The van der Waals surface area contributed by atoms with Crippen molar-refractivity contribution in [3.8, 4) is 11.1 Å². The van der Waals surface area contributed by atoms with Gasteiger partial charge in [-0.25, -0.2) is 9.59 Å². The molecule has 3 aromatic carbocycles. The Labute approximate surface area is 211 Å². The lowest BCUT2D eigenvalue weighted by Crippen LogP contribution is -2.47. The first-order valence-electron chi connectivity index (χ1n) is 11.7. The van der Waals surface area contributed by atoms with Crippen molar-refractivity contribution in [2.45, 2.75) is 25.3 Å². The van der Waals surface area contributed by atoms with Gasteiger partial charge in [-0.1, -0.05) is 48.5 Å². The fourth-order valence-corrected chi connectivity index (χ4v) is 5.12. The number of carboxylic acids is 1. The molecule has 0 bridgehead atoms. The average molecular weight is 501 g/mol. The quantitative estimate of drug-likeness (QED) is 0.383. The van der Waals surface area contributed by atoms with Crippen molar-refractivity contribution in [1.82, 2.24) is 5.32 Å². The molecule has 2 amide bonds. The number of nitrogens with one attached hydrogen (secondary N) is 1. The van der Waals surface area contributed by atoms with Gasteiger partial charge in [0.2, 0.25) is 5.91 Å². The molecule has 188 valence electrons. The van der Waals surface area contributed by atoms with Gasteiger partial charge < -0.3 is 20.1 Å². The first kappa shape index (κ1) is 24.0. The van der Waals surface area contributed by atoms with E-state index < -0.39 is 34.6 Å². The summed E-state index contributed by atoms with van der Waals surface area (Å²) >= 11 is 0. The molecule has 0 fully saturated rings. The number of benzene rings is 3. The van der Waals surface area contributed by atoms with Crippen LogP contribution in [0.2, 0.25) is 0 Å². The van der Waals surface area contributed by atoms with Gasteiger partial charge in [-0.15, -0.1) is 0 Å². The molecule has 3 aromatic rings. The maximum Gasteiger partial charge on any atom is 0.407 e. The first-order chi connectivity index (χ1) is 17.8. The highest BCUT2D eigenvalue weighted by Crippen LogP contribution is 2.44. The number of fused-ring (bicyclic) bond motifs is 4. The van der Waals surface area contributed by atoms with Gasteiger partial charge in [0.15, 0.2) is 0 Å². The Kier molecular flexibility index (Phi) is 6.08. The van der Waals surface area contributed by atoms with Crippen molar-refractivity contribution in [2.24, 2.45) is 0 Å². The van der Waals surface area contributed by atoms with Crippen LogP contribution in [-0.4, -0.2) is 47.2 Å².